The van der Waals surface area contributed by atoms with Crippen LogP contribution in [0.2, 0.25) is 0 Å². The molecule has 0 aliphatic heterocycles. The SMILES string of the molecule is CCCOCc1cccc(CNC2CC2)n1. The molecule has 3 heteroatoms. The summed E-state index contributed by atoms with van der Waals surface area (Å²) < 4.78 is 5.48. The fourth-order valence-corrected chi connectivity index (χ4v) is 1.57. The Kier molecular flexibility index (Phi) is 4.31. The Morgan fingerprint density at radius 2 is 2.19 bits per heavy atom. The highest BCUT2D eigenvalue weighted by atomic mass is 16.5. The summed E-state index contributed by atoms with van der Waals surface area (Å²) in [6.45, 7) is 4.44. The van der Waals surface area contributed by atoms with Crippen LogP contribution >= 0.6 is 0 Å². The number of ether oxygens (including phenoxy) is 1. The summed E-state index contributed by atoms with van der Waals surface area (Å²) in [4.78, 5) is 4.56. The summed E-state index contributed by atoms with van der Waals surface area (Å²) in [5, 5.41) is 3.46. The molecule has 1 saturated carbocycles. The van der Waals surface area contributed by atoms with Gasteiger partial charge in [-0.1, -0.05) is 13.0 Å². The minimum Gasteiger partial charge on any atom is -0.375 e. The number of hydrogen-bond acceptors (Lipinski definition) is 3. The van der Waals surface area contributed by atoms with E-state index < -0.39 is 0 Å². The van der Waals surface area contributed by atoms with Gasteiger partial charge in [-0.25, -0.2) is 0 Å². The first-order valence-electron chi connectivity index (χ1n) is 6.14. The predicted octanol–water partition coefficient (Wildman–Crippen LogP) is 2.26. The summed E-state index contributed by atoms with van der Waals surface area (Å²) >= 11 is 0. The summed E-state index contributed by atoms with van der Waals surface area (Å²) in [7, 11) is 0. The molecule has 1 fully saturated rings. The van der Waals surface area contributed by atoms with Gasteiger partial charge in [-0.2, -0.15) is 0 Å². The molecule has 3 nitrogen and oxygen atoms in total. The van der Waals surface area contributed by atoms with Gasteiger partial charge >= 0.3 is 0 Å². The van der Waals surface area contributed by atoms with Crippen molar-refractivity contribution in [3.63, 3.8) is 0 Å². The van der Waals surface area contributed by atoms with Crippen molar-refractivity contribution in [3.05, 3.63) is 29.6 Å². The van der Waals surface area contributed by atoms with Gasteiger partial charge in [-0.3, -0.25) is 4.98 Å². The molecule has 1 aromatic heterocycles. The van der Waals surface area contributed by atoms with Crippen molar-refractivity contribution in [2.24, 2.45) is 0 Å². The quantitative estimate of drug-likeness (QED) is 0.716. The second-order valence-corrected chi connectivity index (χ2v) is 4.33. The number of hydrogen-bond donors (Lipinski definition) is 1. The van der Waals surface area contributed by atoms with Gasteiger partial charge in [0, 0.05) is 19.2 Å². The van der Waals surface area contributed by atoms with Gasteiger partial charge in [0.15, 0.2) is 0 Å². The van der Waals surface area contributed by atoms with Gasteiger partial charge in [0.1, 0.15) is 0 Å². The number of pyridine rings is 1. The number of nitrogens with zero attached hydrogens (tertiary/aromatic N) is 1. The van der Waals surface area contributed by atoms with Crippen LogP contribution in [0.15, 0.2) is 18.2 Å². The van der Waals surface area contributed by atoms with E-state index in [4.69, 9.17) is 4.74 Å². The smallest absolute Gasteiger partial charge is 0.0887 e. The third-order valence-corrected chi connectivity index (χ3v) is 2.61. The van der Waals surface area contributed by atoms with Gasteiger partial charge < -0.3 is 10.1 Å². The third-order valence-electron chi connectivity index (χ3n) is 2.61. The van der Waals surface area contributed by atoms with Crippen LogP contribution < -0.4 is 5.32 Å². The molecule has 2 rings (SSSR count). The van der Waals surface area contributed by atoms with Crippen molar-refractivity contribution in [2.45, 2.75) is 45.4 Å². The molecule has 0 spiro atoms. The molecule has 0 saturated heterocycles. The molecule has 0 bridgehead atoms. The maximum Gasteiger partial charge on any atom is 0.0887 e. The fraction of sp³-hybridized carbons (Fsp3) is 0.615. The minimum absolute atomic E-state index is 0.630. The molecular weight excluding hydrogens is 200 g/mol. The zero-order valence-corrected chi connectivity index (χ0v) is 9.91. The standard InChI is InChI=1S/C13H20N2O/c1-2-8-16-10-13-5-3-4-12(15-13)9-14-11-6-7-11/h3-5,11,14H,2,6-10H2,1H3. The van der Waals surface area contributed by atoms with E-state index in [2.05, 4.69) is 29.4 Å². The van der Waals surface area contributed by atoms with Crippen LogP contribution in [0.1, 0.15) is 37.6 Å². The topological polar surface area (TPSA) is 34.1 Å². The molecule has 16 heavy (non-hydrogen) atoms. The lowest BCUT2D eigenvalue weighted by molar-refractivity contribution is 0.119. The van der Waals surface area contributed by atoms with E-state index in [0.29, 0.717) is 6.61 Å². The first-order chi connectivity index (χ1) is 7.88. The summed E-state index contributed by atoms with van der Waals surface area (Å²) in [6, 6.07) is 6.89. The Morgan fingerprint density at radius 1 is 1.38 bits per heavy atom. The highest BCUT2D eigenvalue weighted by molar-refractivity contribution is 5.10. The Hall–Kier alpha value is -0.930. The van der Waals surface area contributed by atoms with Crippen molar-refractivity contribution in [2.75, 3.05) is 6.61 Å². The molecular formula is C13H20N2O. The molecule has 0 radical (unpaired) electrons. The molecule has 0 aromatic carbocycles. The predicted molar refractivity (Wildman–Crippen MR) is 64.0 cm³/mol. The zero-order chi connectivity index (χ0) is 11.2. The van der Waals surface area contributed by atoms with Crippen molar-refractivity contribution in [1.29, 1.82) is 0 Å². The van der Waals surface area contributed by atoms with Gasteiger partial charge in [0.05, 0.1) is 18.0 Å². The Morgan fingerprint density at radius 3 is 2.94 bits per heavy atom. The van der Waals surface area contributed by atoms with E-state index in [-0.39, 0.29) is 0 Å². The number of nitrogens with one attached hydrogen (secondary N) is 1. The molecule has 1 aliphatic rings. The van der Waals surface area contributed by atoms with Crippen LogP contribution in [0.25, 0.3) is 0 Å². The Balaban J connectivity index is 1.80. The lowest BCUT2D eigenvalue weighted by Gasteiger charge is -2.06. The second kappa shape index (κ2) is 5.97. The molecule has 1 aliphatic carbocycles. The lowest BCUT2D eigenvalue weighted by atomic mass is 10.3. The second-order valence-electron chi connectivity index (χ2n) is 4.33. The zero-order valence-electron chi connectivity index (χ0n) is 9.91. The van der Waals surface area contributed by atoms with Gasteiger partial charge in [-0.05, 0) is 31.4 Å². The first-order valence-corrected chi connectivity index (χ1v) is 6.14. The summed E-state index contributed by atoms with van der Waals surface area (Å²) in [5.41, 5.74) is 2.15. The normalized spacial score (nSPS) is 15.3. The van der Waals surface area contributed by atoms with E-state index in [9.17, 15) is 0 Å². The van der Waals surface area contributed by atoms with E-state index in [1.165, 1.54) is 12.8 Å². The highest BCUT2D eigenvalue weighted by Gasteiger charge is 2.20. The average molecular weight is 220 g/mol. The van der Waals surface area contributed by atoms with Crippen LogP contribution in [0.3, 0.4) is 0 Å². The maximum atomic E-state index is 5.48. The Labute approximate surface area is 97.2 Å². The third kappa shape index (κ3) is 3.91. The van der Waals surface area contributed by atoms with Crippen LogP contribution in [-0.2, 0) is 17.9 Å². The average Bonchev–Trinajstić information content (AvgIpc) is 3.11. The maximum absolute atomic E-state index is 5.48. The molecule has 1 aromatic rings. The van der Waals surface area contributed by atoms with Crippen molar-refractivity contribution >= 4 is 0 Å². The summed E-state index contributed by atoms with van der Waals surface area (Å²) in [6.07, 6.45) is 3.70. The van der Waals surface area contributed by atoms with Crippen LogP contribution in [0.5, 0.6) is 0 Å². The molecule has 0 amide bonds. The molecule has 0 unspecified atom stereocenters. The molecule has 1 N–H and O–H groups in total. The lowest BCUT2D eigenvalue weighted by Crippen LogP contribution is -2.16. The van der Waals surface area contributed by atoms with E-state index in [1.807, 2.05) is 6.07 Å². The van der Waals surface area contributed by atoms with Crippen LogP contribution in [0, 0.1) is 0 Å². The van der Waals surface area contributed by atoms with Gasteiger partial charge in [0.2, 0.25) is 0 Å². The number of rotatable bonds is 7. The van der Waals surface area contributed by atoms with E-state index in [1.54, 1.807) is 0 Å². The van der Waals surface area contributed by atoms with Crippen LogP contribution in [0.4, 0.5) is 0 Å². The van der Waals surface area contributed by atoms with E-state index >= 15 is 0 Å². The van der Waals surface area contributed by atoms with E-state index in [0.717, 1.165) is 37.0 Å². The molecule has 88 valence electrons. The van der Waals surface area contributed by atoms with Crippen LogP contribution in [-0.4, -0.2) is 17.6 Å². The largest absolute Gasteiger partial charge is 0.375 e. The molecule has 1 heterocycles. The summed E-state index contributed by atoms with van der Waals surface area (Å²) in [5.74, 6) is 0. The fourth-order valence-electron chi connectivity index (χ4n) is 1.57. The monoisotopic (exact) mass is 220 g/mol. The Bertz CT molecular complexity index is 323. The highest BCUT2D eigenvalue weighted by Crippen LogP contribution is 2.19. The number of aromatic nitrogens is 1. The van der Waals surface area contributed by atoms with Gasteiger partial charge in [0.25, 0.3) is 0 Å². The van der Waals surface area contributed by atoms with Gasteiger partial charge in [-0.15, -0.1) is 0 Å². The molecule has 0 atom stereocenters. The minimum atomic E-state index is 0.630. The van der Waals surface area contributed by atoms with Crippen molar-refractivity contribution in [3.8, 4) is 0 Å². The first kappa shape index (κ1) is 11.6. The van der Waals surface area contributed by atoms with Crippen molar-refractivity contribution in [1.82, 2.24) is 10.3 Å². The van der Waals surface area contributed by atoms with Crippen molar-refractivity contribution < 1.29 is 4.74 Å².